The summed E-state index contributed by atoms with van der Waals surface area (Å²) in [6.07, 6.45) is 2.05. The lowest BCUT2D eigenvalue weighted by Gasteiger charge is -2.12. The summed E-state index contributed by atoms with van der Waals surface area (Å²) in [5, 5.41) is 6.35. The van der Waals surface area contributed by atoms with Gasteiger partial charge in [0, 0.05) is 23.6 Å². The number of carbonyl (C=O) groups is 1. The highest BCUT2D eigenvalue weighted by Gasteiger charge is 2.28. The van der Waals surface area contributed by atoms with Gasteiger partial charge in [0.05, 0.1) is 11.4 Å². The van der Waals surface area contributed by atoms with E-state index in [1.54, 1.807) is 36.4 Å². The molecule has 6 heteroatoms. The van der Waals surface area contributed by atoms with Crippen molar-refractivity contribution in [2.24, 2.45) is 0 Å². The fourth-order valence-electron chi connectivity index (χ4n) is 2.69. The van der Waals surface area contributed by atoms with E-state index in [-0.39, 0.29) is 17.0 Å². The van der Waals surface area contributed by atoms with Crippen molar-refractivity contribution in [2.45, 2.75) is 18.8 Å². The average Bonchev–Trinajstić information content (AvgIpc) is 3.34. The summed E-state index contributed by atoms with van der Waals surface area (Å²) in [7, 11) is 0. The summed E-state index contributed by atoms with van der Waals surface area (Å²) in [5.41, 5.74) is 1.48. The first kappa shape index (κ1) is 15.5. The van der Waals surface area contributed by atoms with Crippen molar-refractivity contribution in [1.29, 1.82) is 0 Å². The van der Waals surface area contributed by atoms with Crippen LogP contribution in [0.2, 0.25) is 0 Å². The first-order valence-electron chi connectivity index (χ1n) is 7.94. The molecule has 4 nitrogen and oxygen atoms in total. The van der Waals surface area contributed by atoms with Crippen LogP contribution in [0.25, 0.3) is 11.1 Å². The largest absolute Gasteiger partial charge is 0.351 e. The maximum atomic E-state index is 14.3. The predicted octanol–water partition coefficient (Wildman–Crippen LogP) is 4.75. The highest BCUT2D eigenvalue weighted by atomic mass is 19.1. The number of carbonyl (C=O) groups excluding carboxylic acids is 1. The van der Waals surface area contributed by atoms with Crippen molar-refractivity contribution in [3.05, 3.63) is 71.6 Å². The Labute approximate surface area is 142 Å². The number of nitrogens with one attached hydrogen (secondary N) is 1. The summed E-state index contributed by atoms with van der Waals surface area (Å²) in [5.74, 6) is -1.85. The smallest absolute Gasteiger partial charge is 0.294 e. The molecule has 0 unspecified atom stereocenters. The molecule has 1 saturated carbocycles. The van der Waals surface area contributed by atoms with Gasteiger partial charge in [0.1, 0.15) is 11.6 Å². The summed E-state index contributed by atoms with van der Waals surface area (Å²) in [4.78, 5) is 12.4. The second-order valence-corrected chi connectivity index (χ2v) is 6.02. The minimum atomic E-state index is -0.853. The van der Waals surface area contributed by atoms with Crippen LogP contribution in [-0.2, 0) is 0 Å². The highest BCUT2D eigenvalue weighted by molar-refractivity contribution is 6.04. The summed E-state index contributed by atoms with van der Waals surface area (Å²) >= 11 is 0. The van der Waals surface area contributed by atoms with E-state index < -0.39 is 17.5 Å². The lowest BCUT2D eigenvalue weighted by Crippen LogP contribution is -2.13. The molecule has 0 aliphatic heterocycles. The Balaban J connectivity index is 1.68. The Kier molecular flexibility index (Phi) is 3.80. The van der Waals surface area contributed by atoms with Gasteiger partial charge in [-0.25, -0.2) is 8.78 Å². The Morgan fingerprint density at radius 2 is 1.88 bits per heavy atom. The van der Waals surface area contributed by atoms with Gasteiger partial charge in [-0.3, -0.25) is 4.79 Å². The normalized spacial score (nSPS) is 13.7. The molecule has 0 saturated heterocycles. The van der Waals surface area contributed by atoms with E-state index in [4.69, 9.17) is 4.52 Å². The number of nitrogens with zero attached hydrogens (tertiary/aromatic N) is 1. The van der Waals surface area contributed by atoms with Gasteiger partial charge in [0.2, 0.25) is 5.76 Å². The van der Waals surface area contributed by atoms with Crippen LogP contribution >= 0.6 is 0 Å². The van der Waals surface area contributed by atoms with Crippen LogP contribution in [0, 0.1) is 11.6 Å². The first-order chi connectivity index (χ1) is 12.1. The van der Waals surface area contributed by atoms with Crippen molar-refractivity contribution in [3.8, 4) is 11.1 Å². The number of anilines is 1. The molecular formula is C19H14F2N2O2. The fraction of sp³-hybridized carbons (Fsp3) is 0.158. The molecule has 1 aliphatic carbocycles. The van der Waals surface area contributed by atoms with Crippen LogP contribution in [0.4, 0.5) is 14.5 Å². The van der Waals surface area contributed by atoms with E-state index in [0.29, 0.717) is 11.5 Å². The molecular weight excluding hydrogens is 326 g/mol. The van der Waals surface area contributed by atoms with Crippen LogP contribution in [0.3, 0.4) is 0 Å². The van der Waals surface area contributed by atoms with Crippen LogP contribution in [0.15, 0.2) is 53.1 Å². The van der Waals surface area contributed by atoms with Gasteiger partial charge in [-0.2, -0.15) is 0 Å². The molecule has 126 valence electrons. The Bertz CT molecular complexity index is 934. The molecule has 1 fully saturated rings. The molecule has 1 heterocycles. The molecule has 0 radical (unpaired) electrons. The van der Waals surface area contributed by atoms with Gasteiger partial charge >= 0.3 is 0 Å². The maximum absolute atomic E-state index is 14.3. The third-order valence-electron chi connectivity index (χ3n) is 4.13. The molecule has 1 amide bonds. The number of rotatable bonds is 4. The number of aromatic nitrogens is 1. The predicted molar refractivity (Wildman–Crippen MR) is 88.2 cm³/mol. The molecule has 1 aromatic heterocycles. The molecule has 0 bridgehead atoms. The van der Waals surface area contributed by atoms with Crippen molar-refractivity contribution < 1.29 is 18.1 Å². The van der Waals surface area contributed by atoms with Crippen molar-refractivity contribution in [2.75, 3.05) is 5.32 Å². The van der Waals surface area contributed by atoms with E-state index in [9.17, 15) is 13.6 Å². The number of amides is 1. The zero-order valence-electron chi connectivity index (χ0n) is 13.1. The second kappa shape index (κ2) is 6.12. The number of hydrogen-bond acceptors (Lipinski definition) is 3. The first-order valence-corrected chi connectivity index (χ1v) is 7.94. The van der Waals surface area contributed by atoms with Gasteiger partial charge in [-0.1, -0.05) is 35.5 Å². The SMILES string of the molecule is O=C(Nc1c(F)cc(F)cc1-c1ccccc1)c1cc(C2CC2)no1. The van der Waals surface area contributed by atoms with E-state index in [2.05, 4.69) is 10.5 Å². The Hall–Kier alpha value is -3.02. The molecule has 1 aliphatic rings. The topological polar surface area (TPSA) is 55.1 Å². The zero-order valence-corrected chi connectivity index (χ0v) is 13.1. The van der Waals surface area contributed by atoms with E-state index in [1.165, 1.54) is 6.07 Å². The Morgan fingerprint density at radius 3 is 2.60 bits per heavy atom. The molecule has 0 spiro atoms. The molecule has 2 aromatic carbocycles. The fourth-order valence-corrected chi connectivity index (χ4v) is 2.69. The second-order valence-electron chi connectivity index (χ2n) is 6.02. The molecule has 25 heavy (non-hydrogen) atoms. The molecule has 4 rings (SSSR count). The van der Waals surface area contributed by atoms with Crippen molar-refractivity contribution in [1.82, 2.24) is 5.16 Å². The summed E-state index contributed by atoms with van der Waals surface area (Å²) < 4.78 is 33.0. The van der Waals surface area contributed by atoms with Gasteiger partial charge < -0.3 is 9.84 Å². The van der Waals surface area contributed by atoms with E-state index >= 15 is 0 Å². The zero-order chi connectivity index (χ0) is 17.4. The third kappa shape index (κ3) is 3.15. The lowest BCUT2D eigenvalue weighted by molar-refractivity contribution is 0.0987. The summed E-state index contributed by atoms with van der Waals surface area (Å²) in [6, 6.07) is 12.2. The number of hydrogen-bond donors (Lipinski definition) is 1. The Morgan fingerprint density at radius 1 is 1.12 bits per heavy atom. The minimum Gasteiger partial charge on any atom is -0.351 e. The van der Waals surface area contributed by atoms with Gasteiger partial charge in [-0.05, 0) is 24.5 Å². The monoisotopic (exact) mass is 340 g/mol. The highest BCUT2D eigenvalue weighted by Crippen LogP contribution is 2.39. The van der Waals surface area contributed by atoms with Crippen LogP contribution in [0.1, 0.15) is 35.0 Å². The van der Waals surface area contributed by atoms with Crippen LogP contribution in [0.5, 0.6) is 0 Å². The molecule has 0 atom stereocenters. The quantitative estimate of drug-likeness (QED) is 0.746. The summed E-state index contributed by atoms with van der Waals surface area (Å²) in [6.45, 7) is 0. The standard InChI is InChI=1S/C19H14F2N2O2/c20-13-8-14(11-4-2-1-3-5-11)18(15(21)9-13)22-19(24)17-10-16(23-25-17)12-6-7-12/h1-5,8-10,12H,6-7H2,(H,22,24). The average molecular weight is 340 g/mol. The lowest BCUT2D eigenvalue weighted by atomic mass is 10.0. The van der Waals surface area contributed by atoms with E-state index in [0.717, 1.165) is 24.6 Å². The molecule has 3 aromatic rings. The minimum absolute atomic E-state index is 0.00429. The van der Waals surface area contributed by atoms with Gasteiger partial charge in [-0.15, -0.1) is 0 Å². The van der Waals surface area contributed by atoms with Crippen LogP contribution in [-0.4, -0.2) is 11.1 Å². The number of halogens is 2. The van der Waals surface area contributed by atoms with E-state index in [1.807, 2.05) is 0 Å². The number of benzene rings is 2. The maximum Gasteiger partial charge on any atom is 0.294 e. The third-order valence-corrected chi connectivity index (χ3v) is 4.13. The van der Waals surface area contributed by atoms with Crippen molar-refractivity contribution >= 4 is 11.6 Å². The molecule has 1 N–H and O–H groups in total. The van der Waals surface area contributed by atoms with Gasteiger partial charge in [0.15, 0.2) is 0 Å². The van der Waals surface area contributed by atoms with Crippen LogP contribution < -0.4 is 5.32 Å². The van der Waals surface area contributed by atoms with Gasteiger partial charge in [0.25, 0.3) is 5.91 Å². The van der Waals surface area contributed by atoms with Crippen molar-refractivity contribution in [3.63, 3.8) is 0 Å².